The van der Waals surface area contributed by atoms with E-state index in [0.29, 0.717) is 23.8 Å². The number of benzene rings is 1. The maximum Gasteiger partial charge on any atom is 0.255 e. The molecule has 0 spiro atoms. The van der Waals surface area contributed by atoms with Crippen molar-refractivity contribution >= 4 is 23.6 Å². The zero-order chi connectivity index (χ0) is 17.6. The van der Waals surface area contributed by atoms with E-state index in [1.807, 2.05) is 42.2 Å². The van der Waals surface area contributed by atoms with Gasteiger partial charge in [-0.05, 0) is 37.3 Å². The van der Waals surface area contributed by atoms with E-state index in [4.69, 9.17) is 0 Å². The van der Waals surface area contributed by atoms with Crippen LogP contribution in [0.3, 0.4) is 0 Å². The van der Waals surface area contributed by atoms with Crippen molar-refractivity contribution in [3.63, 3.8) is 0 Å². The molecule has 1 saturated heterocycles. The van der Waals surface area contributed by atoms with Crippen molar-refractivity contribution < 1.29 is 9.59 Å². The highest BCUT2D eigenvalue weighted by Gasteiger charge is 2.44. The maximum atomic E-state index is 13.2. The lowest BCUT2D eigenvalue weighted by Gasteiger charge is -2.35. The summed E-state index contributed by atoms with van der Waals surface area (Å²) >= 11 is 1.79. The van der Waals surface area contributed by atoms with Crippen molar-refractivity contribution in [1.29, 1.82) is 0 Å². The molecule has 1 aliphatic carbocycles. The van der Waals surface area contributed by atoms with Gasteiger partial charge >= 0.3 is 0 Å². The summed E-state index contributed by atoms with van der Waals surface area (Å²) in [5.41, 5.74) is 0.680. The van der Waals surface area contributed by atoms with Gasteiger partial charge in [0.15, 0.2) is 0 Å². The van der Waals surface area contributed by atoms with Gasteiger partial charge in [-0.25, -0.2) is 0 Å². The van der Waals surface area contributed by atoms with E-state index in [1.54, 1.807) is 11.8 Å². The predicted molar refractivity (Wildman–Crippen MR) is 103 cm³/mol. The topological polar surface area (TPSA) is 49.4 Å². The molecule has 4 nitrogen and oxygen atoms in total. The minimum atomic E-state index is -0.351. The van der Waals surface area contributed by atoms with Crippen molar-refractivity contribution in [1.82, 2.24) is 10.2 Å². The molecule has 3 rings (SSSR count). The Morgan fingerprint density at radius 1 is 1.16 bits per heavy atom. The molecule has 0 unspecified atom stereocenters. The van der Waals surface area contributed by atoms with Crippen LogP contribution in [0, 0.1) is 5.92 Å². The number of carbonyl (C=O) groups excluding carboxylic acids is 2. The van der Waals surface area contributed by atoms with Crippen LogP contribution in [-0.4, -0.2) is 40.4 Å². The van der Waals surface area contributed by atoms with Crippen molar-refractivity contribution in [3.05, 3.63) is 35.9 Å². The zero-order valence-corrected chi connectivity index (χ0v) is 15.8. The highest BCUT2D eigenvalue weighted by Crippen LogP contribution is 2.41. The van der Waals surface area contributed by atoms with Crippen molar-refractivity contribution in [2.24, 2.45) is 5.92 Å². The van der Waals surface area contributed by atoms with Gasteiger partial charge in [-0.15, -0.1) is 11.8 Å². The van der Waals surface area contributed by atoms with Gasteiger partial charge in [-0.2, -0.15) is 0 Å². The molecule has 2 amide bonds. The van der Waals surface area contributed by atoms with Crippen LogP contribution in [0.2, 0.25) is 0 Å². The van der Waals surface area contributed by atoms with Crippen LogP contribution in [0.5, 0.6) is 0 Å². The molecular formula is C20H28N2O2S. The second-order valence-corrected chi connectivity index (χ2v) is 8.16. The highest BCUT2D eigenvalue weighted by atomic mass is 32.2. The number of nitrogens with one attached hydrogen (secondary N) is 1. The van der Waals surface area contributed by atoms with E-state index in [1.165, 1.54) is 32.1 Å². The van der Waals surface area contributed by atoms with Gasteiger partial charge in [0, 0.05) is 17.9 Å². The smallest absolute Gasteiger partial charge is 0.255 e. The molecule has 136 valence electrons. The van der Waals surface area contributed by atoms with Crippen molar-refractivity contribution in [2.75, 3.05) is 12.3 Å². The first-order chi connectivity index (χ1) is 12.2. The van der Waals surface area contributed by atoms with Gasteiger partial charge in [0.25, 0.3) is 5.91 Å². The van der Waals surface area contributed by atoms with E-state index >= 15 is 0 Å². The minimum Gasteiger partial charge on any atom is -0.354 e. The molecule has 25 heavy (non-hydrogen) atoms. The Morgan fingerprint density at radius 3 is 2.56 bits per heavy atom. The monoisotopic (exact) mass is 360 g/mol. The summed E-state index contributed by atoms with van der Waals surface area (Å²) < 4.78 is 0. The number of carbonyl (C=O) groups is 2. The SMILES string of the molecule is CCCNC(=O)[C@H]1CS[C@H](C2CCCCC2)N1C(=O)c1ccccc1. The van der Waals surface area contributed by atoms with Gasteiger partial charge in [-0.3, -0.25) is 9.59 Å². The molecule has 1 N–H and O–H groups in total. The summed E-state index contributed by atoms with van der Waals surface area (Å²) in [6, 6.07) is 9.04. The number of rotatable bonds is 5. The summed E-state index contributed by atoms with van der Waals surface area (Å²) in [4.78, 5) is 27.8. The number of hydrogen-bond acceptors (Lipinski definition) is 3. The Morgan fingerprint density at radius 2 is 1.88 bits per heavy atom. The normalized spacial score (nSPS) is 24.3. The Kier molecular flexibility index (Phi) is 6.40. The molecule has 0 bridgehead atoms. The summed E-state index contributed by atoms with van der Waals surface area (Å²) in [7, 11) is 0. The molecule has 1 aromatic carbocycles. The number of nitrogens with zero attached hydrogens (tertiary/aromatic N) is 1. The first-order valence-corrected chi connectivity index (χ1v) is 10.5. The zero-order valence-electron chi connectivity index (χ0n) is 14.9. The van der Waals surface area contributed by atoms with Crippen LogP contribution in [0.1, 0.15) is 55.8 Å². The second kappa shape index (κ2) is 8.75. The molecule has 1 aromatic rings. The van der Waals surface area contributed by atoms with Crippen LogP contribution in [0.4, 0.5) is 0 Å². The van der Waals surface area contributed by atoms with Crippen molar-refractivity contribution in [3.8, 4) is 0 Å². The number of amides is 2. The lowest BCUT2D eigenvalue weighted by atomic mass is 9.88. The standard InChI is InChI=1S/C20H28N2O2S/c1-2-13-21-18(23)17-14-25-20(16-11-7-4-8-12-16)22(17)19(24)15-9-5-3-6-10-15/h3,5-6,9-10,16-17,20H,2,4,7-8,11-14H2,1H3,(H,21,23)/t17-,20-/m1/s1. The lowest BCUT2D eigenvalue weighted by Crippen LogP contribution is -2.51. The Labute approximate surface area is 154 Å². The summed E-state index contributed by atoms with van der Waals surface area (Å²) in [6.45, 7) is 2.71. The summed E-state index contributed by atoms with van der Waals surface area (Å²) in [5.74, 6) is 1.21. The average molecular weight is 361 g/mol. The molecule has 2 aliphatic rings. The molecule has 1 heterocycles. The largest absolute Gasteiger partial charge is 0.354 e. The predicted octanol–water partition coefficient (Wildman–Crippen LogP) is 3.68. The molecule has 0 radical (unpaired) electrons. The van der Waals surface area contributed by atoms with Gasteiger partial charge < -0.3 is 10.2 Å². The Hall–Kier alpha value is -1.49. The molecule has 5 heteroatoms. The molecule has 0 aromatic heterocycles. The fourth-order valence-electron chi connectivity index (χ4n) is 3.87. The average Bonchev–Trinajstić information content (AvgIpc) is 3.12. The molecular weight excluding hydrogens is 332 g/mol. The third-order valence-corrected chi connectivity index (χ3v) is 6.66. The van der Waals surface area contributed by atoms with Crippen LogP contribution in [0.25, 0.3) is 0 Å². The lowest BCUT2D eigenvalue weighted by molar-refractivity contribution is -0.125. The van der Waals surface area contributed by atoms with Gasteiger partial charge in [0.05, 0.1) is 5.37 Å². The first-order valence-electron chi connectivity index (χ1n) is 9.49. The van der Waals surface area contributed by atoms with Crippen molar-refractivity contribution in [2.45, 2.75) is 56.9 Å². The van der Waals surface area contributed by atoms with E-state index in [9.17, 15) is 9.59 Å². The Bertz CT molecular complexity index is 587. The number of thioether (sulfide) groups is 1. The van der Waals surface area contributed by atoms with E-state index in [2.05, 4.69) is 5.32 Å². The van der Waals surface area contributed by atoms with Gasteiger partial charge in [0.2, 0.25) is 5.91 Å². The quantitative estimate of drug-likeness (QED) is 0.871. The minimum absolute atomic E-state index is 0.00202. The van der Waals surface area contributed by atoms with E-state index < -0.39 is 0 Å². The second-order valence-electron chi connectivity index (χ2n) is 7.01. The van der Waals surface area contributed by atoms with E-state index in [0.717, 1.165) is 6.42 Å². The fraction of sp³-hybridized carbons (Fsp3) is 0.600. The fourth-order valence-corrected chi connectivity index (χ4v) is 5.50. The van der Waals surface area contributed by atoms with Crippen LogP contribution in [0.15, 0.2) is 30.3 Å². The summed E-state index contributed by atoms with van der Waals surface area (Å²) in [6.07, 6.45) is 7.01. The number of hydrogen-bond donors (Lipinski definition) is 1. The third kappa shape index (κ3) is 4.20. The van der Waals surface area contributed by atoms with Crippen LogP contribution >= 0.6 is 11.8 Å². The first kappa shape index (κ1) is 18.3. The maximum absolute atomic E-state index is 13.2. The molecule has 1 saturated carbocycles. The molecule has 1 aliphatic heterocycles. The van der Waals surface area contributed by atoms with Crippen LogP contribution < -0.4 is 5.32 Å². The third-order valence-electron chi connectivity index (χ3n) is 5.20. The van der Waals surface area contributed by atoms with Gasteiger partial charge in [-0.1, -0.05) is 44.4 Å². The van der Waals surface area contributed by atoms with Gasteiger partial charge in [0.1, 0.15) is 6.04 Å². The highest BCUT2D eigenvalue weighted by molar-refractivity contribution is 8.00. The molecule has 2 atom stereocenters. The van der Waals surface area contributed by atoms with Crippen LogP contribution in [-0.2, 0) is 4.79 Å². The Balaban J connectivity index is 1.83. The van der Waals surface area contributed by atoms with E-state index in [-0.39, 0.29) is 23.2 Å². The molecule has 2 fully saturated rings. The summed E-state index contributed by atoms with van der Waals surface area (Å²) in [5, 5.41) is 3.12.